The van der Waals surface area contributed by atoms with Crippen molar-refractivity contribution in [1.29, 1.82) is 0 Å². The lowest BCUT2D eigenvalue weighted by Gasteiger charge is -2.16. The lowest BCUT2D eigenvalue weighted by molar-refractivity contribution is 0.625. The molecule has 18 heavy (non-hydrogen) atoms. The van der Waals surface area contributed by atoms with Crippen molar-refractivity contribution >= 4 is 10.9 Å². The van der Waals surface area contributed by atoms with Crippen LogP contribution in [0, 0.1) is 20.8 Å². The van der Waals surface area contributed by atoms with Crippen LogP contribution in [-0.2, 0) is 5.41 Å². The maximum Gasteiger partial charge on any atom is 0.0491 e. The number of hydrogen-bond acceptors (Lipinski definition) is 1. The smallest absolute Gasteiger partial charge is 0.0491 e. The van der Waals surface area contributed by atoms with Crippen LogP contribution in [0.5, 0.6) is 0 Å². The van der Waals surface area contributed by atoms with E-state index in [-0.39, 0.29) is 0 Å². The third-order valence-corrected chi connectivity index (χ3v) is 4.46. The number of likely N-dealkylation sites (N-methyl/N-ethyl adjacent to an activating group) is 1. The van der Waals surface area contributed by atoms with Gasteiger partial charge in [-0.3, -0.25) is 0 Å². The first-order valence-electron chi connectivity index (χ1n) is 6.82. The number of aromatic amines is 1. The summed E-state index contributed by atoms with van der Waals surface area (Å²) in [5.41, 5.74) is 7.39. The maximum atomic E-state index is 3.61. The molecule has 1 fully saturated rings. The summed E-state index contributed by atoms with van der Waals surface area (Å²) in [6.07, 6.45) is 2.63. The van der Waals surface area contributed by atoms with E-state index in [2.05, 4.69) is 50.3 Å². The Morgan fingerprint density at radius 3 is 2.44 bits per heavy atom. The number of rotatable bonds is 3. The van der Waals surface area contributed by atoms with Crippen LogP contribution in [0.25, 0.3) is 10.9 Å². The van der Waals surface area contributed by atoms with Gasteiger partial charge in [-0.2, -0.15) is 0 Å². The molecule has 0 unspecified atom stereocenters. The van der Waals surface area contributed by atoms with Crippen molar-refractivity contribution in [1.82, 2.24) is 10.3 Å². The van der Waals surface area contributed by atoms with Crippen molar-refractivity contribution in [2.45, 2.75) is 39.0 Å². The van der Waals surface area contributed by atoms with Crippen LogP contribution in [0.2, 0.25) is 0 Å². The molecule has 0 radical (unpaired) electrons. The quantitative estimate of drug-likeness (QED) is 0.849. The van der Waals surface area contributed by atoms with Crippen LogP contribution in [0.4, 0.5) is 0 Å². The van der Waals surface area contributed by atoms with Gasteiger partial charge in [0, 0.05) is 28.6 Å². The molecule has 1 aromatic heterocycles. The topological polar surface area (TPSA) is 27.8 Å². The highest BCUT2D eigenvalue weighted by Crippen LogP contribution is 2.52. The molecule has 1 aromatic carbocycles. The zero-order valence-electron chi connectivity index (χ0n) is 11.8. The monoisotopic (exact) mass is 242 g/mol. The Balaban J connectivity index is 2.29. The number of nitrogens with one attached hydrogen (secondary N) is 2. The van der Waals surface area contributed by atoms with E-state index in [1.165, 1.54) is 40.6 Å². The van der Waals surface area contributed by atoms with Crippen LogP contribution >= 0.6 is 0 Å². The van der Waals surface area contributed by atoms with Crippen LogP contribution in [0.15, 0.2) is 12.1 Å². The number of benzene rings is 1. The molecule has 0 saturated heterocycles. The second-order valence-electron chi connectivity index (χ2n) is 5.89. The minimum absolute atomic E-state index is 0.385. The fourth-order valence-electron chi connectivity index (χ4n) is 3.40. The van der Waals surface area contributed by atoms with Crippen molar-refractivity contribution in [3.05, 3.63) is 34.5 Å². The van der Waals surface area contributed by atoms with Gasteiger partial charge < -0.3 is 10.3 Å². The van der Waals surface area contributed by atoms with Crippen molar-refractivity contribution in [3.63, 3.8) is 0 Å². The summed E-state index contributed by atoms with van der Waals surface area (Å²) in [6.45, 7) is 7.74. The van der Waals surface area contributed by atoms with Crippen molar-refractivity contribution in [3.8, 4) is 0 Å². The first kappa shape index (κ1) is 11.8. The first-order valence-corrected chi connectivity index (χ1v) is 6.82. The Labute approximate surface area is 109 Å². The molecule has 96 valence electrons. The Bertz CT molecular complexity index is 603. The average Bonchev–Trinajstić information content (AvgIpc) is 3.00. The van der Waals surface area contributed by atoms with Crippen molar-refractivity contribution in [2.24, 2.45) is 0 Å². The number of aromatic nitrogens is 1. The molecule has 2 nitrogen and oxygen atoms in total. The van der Waals surface area contributed by atoms with Crippen molar-refractivity contribution in [2.75, 3.05) is 13.6 Å². The predicted octanol–water partition coefficient (Wildman–Crippen LogP) is 3.34. The first-order chi connectivity index (χ1) is 8.59. The van der Waals surface area contributed by atoms with Gasteiger partial charge in [-0.15, -0.1) is 0 Å². The van der Waals surface area contributed by atoms with E-state index in [0.29, 0.717) is 5.41 Å². The Hall–Kier alpha value is -1.28. The second kappa shape index (κ2) is 3.86. The molecule has 2 N–H and O–H groups in total. The molecular weight excluding hydrogens is 220 g/mol. The summed E-state index contributed by atoms with van der Waals surface area (Å²) in [7, 11) is 2.06. The summed E-state index contributed by atoms with van der Waals surface area (Å²) < 4.78 is 0. The summed E-state index contributed by atoms with van der Waals surface area (Å²) in [5, 5.41) is 4.84. The molecule has 3 rings (SSSR count). The van der Waals surface area contributed by atoms with Crippen LogP contribution < -0.4 is 5.32 Å². The molecule has 2 heteroatoms. The minimum Gasteiger partial charge on any atom is -0.358 e. The lowest BCUT2D eigenvalue weighted by atomic mass is 9.90. The third-order valence-electron chi connectivity index (χ3n) is 4.46. The van der Waals surface area contributed by atoms with Gasteiger partial charge in [-0.1, -0.05) is 12.1 Å². The van der Waals surface area contributed by atoms with E-state index >= 15 is 0 Å². The zero-order chi connectivity index (χ0) is 12.9. The van der Waals surface area contributed by atoms with Crippen LogP contribution in [0.3, 0.4) is 0 Å². The van der Waals surface area contributed by atoms with E-state index in [1.807, 2.05) is 0 Å². The standard InChI is InChI=1S/C16H22N2/c1-10-5-6-11(2)15-13(10)14(12(3)18-15)16(7-8-16)9-17-4/h5-6,17-18H,7-9H2,1-4H3. The van der Waals surface area contributed by atoms with E-state index in [9.17, 15) is 0 Å². The highest BCUT2D eigenvalue weighted by Gasteiger charge is 2.46. The van der Waals surface area contributed by atoms with E-state index < -0.39 is 0 Å². The Morgan fingerprint density at radius 2 is 1.83 bits per heavy atom. The second-order valence-corrected chi connectivity index (χ2v) is 5.89. The molecule has 0 amide bonds. The predicted molar refractivity (Wildman–Crippen MR) is 77.3 cm³/mol. The number of aryl methyl sites for hydroxylation is 3. The summed E-state index contributed by atoms with van der Waals surface area (Å²) in [6, 6.07) is 4.47. The van der Waals surface area contributed by atoms with Crippen molar-refractivity contribution < 1.29 is 0 Å². The molecule has 1 heterocycles. The van der Waals surface area contributed by atoms with Crippen LogP contribution in [0.1, 0.15) is 35.2 Å². The fraction of sp³-hybridized carbons (Fsp3) is 0.500. The minimum atomic E-state index is 0.385. The van der Waals surface area contributed by atoms with E-state index in [0.717, 1.165) is 6.54 Å². The Morgan fingerprint density at radius 1 is 1.17 bits per heavy atom. The third kappa shape index (κ3) is 1.52. The van der Waals surface area contributed by atoms with Gasteiger partial charge in [0.15, 0.2) is 0 Å². The number of hydrogen-bond donors (Lipinski definition) is 2. The summed E-state index contributed by atoms with van der Waals surface area (Å²) >= 11 is 0. The average molecular weight is 242 g/mol. The highest BCUT2D eigenvalue weighted by atomic mass is 14.9. The molecule has 0 spiro atoms. The van der Waals surface area contributed by atoms with Gasteiger partial charge in [-0.25, -0.2) is 0 Å². The molecule has 1 saturated carbocycles. The molecule has 2 aromatic rings. The molecule has 0 aliphatic heterocycles. The Kier molecular flexibility index (Phi) is 2.53. The molecule has 0 bridgehead atoms. The zero-order valence-corrected chi connectivity index (χ0v) is 11.8. The SMILES string of the molecule is CNCC1(c2c(C)[nH]c3c(C)ccc(C)c23)CC1. The van der Waals surface area contributed by atoms with Crippen LogP contribution in [-0.4, -0.2) is 18.6 Å². The van der Waals surface area contributed by atoms with Gasteiger partial charge in [-0.05, 0) is 57.4 Å². The fourth-order valence-corrected chi connectivity index (χ4v) is 3.40. The van der Waals surface area contributed by atoms with E-state index in [4.69, 9.17) is 0 Å². The van der Waals surface area contributed by atoms with Gasteiger partial charge in [0.2, 0.25) is 0 Å². The van der Waals surface area contributed by atoms with Gasteiger partial charge >= 0.3 is 0 Å². The highest BCUT2D eigenvalue weighted by molar-refractivity contribution is 5.91. The molecule has 1 aliphatic carbocycles. The van der Waals surface area contributed by atoms with E-state index in [1.54, 1.807) is 5.56 Å². The summed E-state index contributed by atoms with van der Waals surface area (Å²) in [5.74, 6) is 0. The summed E-state index contributed by atoms with van der Waals surface area (Å²) in [4.78, 5) is 3.61. The number of H-pyrrole nitrogens is 1. The molecular formula is C16H22N2. The maximum absolute atomic E-state index is 3.61. The molecule has 1 aliphatic rings. The lowest BCUT2D eigenvalue weighted by Crippen LogP contribution is -2.24. The van der Waals surface area contributed by atoms with Gasteiger partial charge in [0.1, 0.15) is 0 Å². The van der Waals surface area contributed by atoms with Gasteiger partial charge in [0.05, 0.1) is 0 Å². The normalized spacial score (nSPS) is 17.3. The molecule has 0 atom stereocenters. The van der Waals surface area contributed by atoms with Gasteiger partial charge in [0.25, 0.3) is 0 Å². The largest absolute Gasteiger partial charge is 0.358 e. The number of fused-ring (bicyclic) bond motifs is 1.